The van der Waals surface area contributed by atoms with E-state index in [1.54, 1.807) is 11.8 Å². The summed E-state index contributed by atoms with van der Waals surface area (Å²) < 4.78 is 11.5. The summed E-state index contributed by atoms with van der Waals surface area (Å²) in [5.74, 6) is 1.13. The van der Waals surface area contributed by atoms with E-state index in [4.69, 9.17) is 9.47 Å². The number of urea groups is 1. The van der Waals surface area contributed by atoms with Crippen molar-refractivity contribution in [2.45, 2.75) is 50.6 Å². The Morgan fingerprint density at radius 3 is 2.67 bits per heavy atom. The summed E-state index contributed by atoms with van der Waals surface area (Å²) in [4.78, 5) is 41.3. The van der Waals surface area contributed by atoms with E-state index in [9.17, 15) is 14.4 Å². The van der Waals surface area contributed by atoms with Crippen LogP contribution in [0, 0.1) is 5.92 Å². The average Bonchev–Trinajstić information content (AvgIpc) is 3.49. The molecule has 4 aliphatic rings. The number of rotatable bonds is 4. The van der Waals surface area contributed by atoms with E-state index < -0.39 is 11.6 Å². The van der Waals surface area contributed by atoms with Crippen molar-refractivity contribution in [3.63, 3.8) is 0 Å². The molecular weight excluding hydrogens is 386 g/mol. The molecule has 2 atom stereocenters. The number of likely N-dealkylation sites (tertiary alicyclic amines) is 1. The molecule has 30 heavy (non-hydrogen) atoms. The van der Waals surface area contributed by atoms with E-state index >= 15 is 0 Å². The Balaban J connectivity index is 1.32. The lowest BCUT2D eigenvalue weighted by atomic mass is 9.96. The number of carbonyl (C=O) groups excluding carboxylic acids is 3. The first-order chi connectivity index (χ1) is 14.5. The van der Waals surface area contributed by atoms with Crippen LogP contribution in [0.1, 0.15) is 50.6 Å². The van der Waals surface area contributed by atoms with E-state index in [0.717, 1.165) is 48.3 Å². The SMILES string of the molecule is C[C@]1(C2CC2)NC(=O)N(CC(=O)N2CCC[C@H]2c2ccc3c(c2)OCCCO3)C1=O. The van der Waals surface area contributed by atoms with Crippen LogP contribution in [0.25, 0.3) is 0 Å². The van der Waals surface area contributed by atoms with Gasteiger partial charge in [-0.3, -0.25) is 14.5 Å². The van der Waals surface area contributed by atoms with E-state index in [0.29, 0.717) is 25.5 Å². The average molecular weight is 413 g/mol. The summed E-state index contributed by atoms with van der Waals surface area (Å²) in [6, 6.07) is 5.27. The molecule has 1 aromatic carbocycles. The third-order valence-electron chi connectivity index (χ3n) is 6.72. The Kier molecular flexibility index (Phi) is 4.60. The zero-order chi connectivity index (χ0) is 20.9. The van der Waals surface area contributed by atoms with E-state index in [2.05, 4.69) is 5.32 Å². The molecule has 0 spiro atoms. The first kappa shape index (κ1) is 19.2. The van der Waals surface area contributed by atoms with Crippen molar-refractivity contribution in [2.24, 2.45) is 5.92 Å². The van der Waals surface area contributed by atoms with Gasteiger partial charge in [0.25, 0.3) is 5.91 Å². The predicted octanol–water partition coefficient (Wildman–Crippen LogP) is 2.23. The molecule has 8 heteroatoms. The van der Waals surface area contributed by atoms with Crippen molar-refractivity contribution < 1.29 is 23.9 Å². The van der Waals surface area contributed by atoms with Gasteiger partial charge in [-0.15, -0.1) is 0 Å². The molecule has 3 fully saturated rings. The lowest BCUT2D eigenvalue weighted by Gasteiger charge is -2.27. The predicted molar refractivity (Wildman–Crippen MR) is 107 cm³/mol. The molecule has 1 saturated carbocycles. The zero-order valence-corrected chi connectivity index (χ0v) is 17.2. The van der Waals surface area contributed by atoms with E-state index in [1.165, 1.54) is 0 Å². The van der Waals surface area contributed by atoms with Gasteiger partial charge in [-0.2, -0.15) is 0 Å². The Bertz CT molecular complexity index is 899. The fourth-order valence-corrected chi connectivity index (χ4v) is 4.82. The van der Waals surface area contributed by atoms with Crippen LogP contribution in [0.15, 0.2) is 18.2 Å². The molecular formula is C22H27N3O5. The highest BCUT2D eigenvalue weighted by Crippen LogP contribution is 2.43. The standard InChI is InChI=1S/C22H27N3O5/c1-22(15-6-7-15)20(27)25(21(28)23-22)13-19(26)24-9-2-4-16(24)14-5-8-17-18(12-14)30-11-3-10-29-17/h5,8,12,15-16H,2-4,6-7,9-11,13H2,1H3,(H,23,28)/t16-,22+/m0/s1. The van der Waals surface area contributed by atoms with E-state index in [1.807, 2.05) is 18.2 Å². The summed E-state index contributed by atoms with van der Waals surface area (Å²) in [5.41, 5.74) is 0.126. The number of benzene rings is 1. The molecule has 160 valence electrons. The maximum Gasteiger partial charge on any atom is 0.325 e. The van der Waals surface area contributed by atoms with Crippen molar-refractivity contribution in [3.05, 3.63) is 23.8 Å². The van der Waals surface area contributed by atoms with Gasteiger partial charge in [-0.1, -0.05) is 6.07 Å². The second-order valence-electron chi connectivity index (χ2n) is 8.80. The van der Waals surface area contributed by atoms with Crippen LogP contribution >= 0.6 is 0 Å². The van der Waals surface area contributed by atoms with Crippen molar-refractivity contribution in [2.75, 3.05) is 26.3 Å². The van der Waals surface area contributed by atoms with Gasteiger partial charge < -0.3 is 19.7 Å². The number of hydrogen-bond donors (Lipinski definition) is 1. The first-order valence-electron chi connectivity index (χ1n) is 10.8. The van der Waals surface area contributed by atoms with Gasteiger partial charge in [0.05, 0.1) is 19.3 Å². The molecule has 1 aromatic rings. The van der Waals surface area contributed by atoms with Crippen LogP contribution in [0.2, 0.25) is 0 Å². The summed E-state index contributed by atoms with van der Waals surface area (Å²) in [5, 5.41) is 2.81. The second kappa shape index (κ2) is 7.18. The molecule has 8 nitrogen and oxygen atoms in total. The van der Waals surface area contributed by atoms with Crippen LogP contribution in [0.3, 0.4) is 0 Å². The van der Waals surface area contributed by atoms with Crippen LogP contribution in [-0.2, 0) is 9.59 Å². The van der Waals surface area contributed by atoms with Crippen LogP contribution in [-0.4, -0.2) is 59.5 Å². The fraction of sp³-hybridized carbons (Fsp3) is 0.591. The molecule has 3 heterocycles. The normalized spacial score (nSPS) is 28.5. The van der Waals surface area contributed by atoms with Crippen molar-refractivity contribution >= 4 is 17.8 Å². The molecule has 0 aromatic heterocycles. The largest absolute Gasteiger partial charge is 0.490 e. The number of ether oxygens (including phenoxy) is 2. The quantitative estimate of drug-likeness (QED) is 0.765. The molecule has 0 radical (unpaired) electrons. The lowest BCUT2D eigenvalue weighted by Crippen LogP contribution is -2.47. The molecule has 3 aliphatic heterocycles. The number of carbonyl (C=O) groups is 3. The highest BCUT2D eigenvalue weighted by Gasteiger charge is 2.56. The van der Waals surface area contributed by atoms with Gasteiger partial charge in [0, 0.05) is 13.0 Å². The summed E-state index contributed by atoms with van der Waals surface area (Å²) in [6.07, 6.45) is 4.42. The van der Waals surface area contributed by atoms with Gasteiger partial charge in [0.1, 0.15) is 12.1 Å². The van der Waals surface area contributed by atoms with E-state index in [-0.39, 0.29) is 30.3 Å². The minimum atomic E-state index is -0.865. The van der Waals surface area contributed by atoms with Crippen molar-refractivity contribution in [1.29, 1.82) is 0 Å². The van der Waals surface area contributed by atoms with Gasteiger partial charge in [0.2, 0.25) is 5.91 Å². The molecule has 1 N–H and O–H groups in total. The molecule has 1 aliphatic carbocycles. The Morgan fingerprint density at radius 1 is 1.13 bits per heavy atom. The monoisotopic (exact) mass is 413 g/mol. The minimum absolute atomic E-state index is 0.0924. The smallest absolute Gasteiger partial charge is 0.325 e. The molecule has 0 unspecified atom stereocenters. The number of nitrogens with one attached hydrogen (secondary N) is 1. The van der Waals surface area contributed by atoms with Crippen molar-refractivity contribution in [3.8, 4) is 11.5 Å². The van der Waals surface area contributed by atoms with Crippen LogP contribution in [0.4, 0.5) is 4.79 Å². The number of nitrogens with zero attached hydrogens (tertiary/aromatic N) is 2. The molecule has 2 saturated heterocycles. The Hall–Kier alpha value is -2.77. The number of hydrogen-bond acceptors (Lipinski definition) is 5. The first-order valence-corrected chi connectivity index (χ1v) is 10.8. The van der Waals surface area contributed by atoms with Crippen molar-refractivity contribution in [1.82, 2.24) is 15.1 Å². The number of amides is 4. The van der Waals surface area contributed by atoms with Crippen LogP contribution in [0.5, 0.6) is 11.5 Å². The molecule has 0 bridgehead atoms. The summed E-state index contributed by atoms with van der Waals surface area (Å²) in [7, 11) is 0. The van der Waals surface area contributed by atoms with Gasteiger partial charge in [0.15, 0.2) is 11.5 Å². The highest BCUT2D eigenvalue weighted by atomic mass is 16.5. The fourth-order valence-electron chi connectivity index (χ4n) is 4.82. The highest BCUT2D eigenvalue weighted by molar-refractivity contribution is 6.09. The van der Waals surface area contributed by atoms with Gasteiger partial charge in [-0.05, 0) is 56.2 Å². The lowest BCUT2D eigenvalue weighted by molar-refractivity contribution is -0.139. The number of imide groups is 1. The zero-order valence-electron chi connectivity index (χ0n) is 17.2. The minimum Gasteiger partial charge on any atom is -0.490 e. The summed E-state index contributed by atoms with van der Waals surface area (Å²) >= 11 is 0. The molecule has 4 amide bonds. The number of fused-ring (bicyclic) bond motifs is 1. The molecule has 5 rings (SSSR count). The third-order valence-corrected chi connectivity index (χ3v) is 6.72. The maximum absolute atomic E-state index is 13.1. The second-order valence-corrected chi connectivity index (χ2v) is 8.80. The van der Waals surface area contributed by atoms with Gasteiger partial charge >= 0.3 is 6.03 Å². The summed E-state index contributed by atoms with van der Waals surface area (Å²) in [6.45, 7) is 3.41. The Labute approximate surface area is 175 Å². The maximum atomic E-state index is 13.1. The third kappa shape index (κ3) is 3.18. The van der Waals surface area contributed by atoms with Crippen LogP contribution < -0.4 is 14.8 Å². The van der Waals surface area contributed by atoms with Gasteiger partial charge in [-0.25, -0.2) is 4.79 Å². The Morgan fingerprint density at radius 2 is 1.90 bits per heavy atom. The topological polar surface area (TPSA) is 88.2 Å².